The fraction of sp³-hybridized carbons (Fsp3) is 0.118. The van der Waals surface area contributed by atoms with Gasteiger partial charge in [0.05, 0.1) is 29.0 Å². The fourth-order valence-electron chi connectivity index (χ4n) is 5.44. The quantitative estimate of drug-likeness (QED) is 0.151. The maximum Gasteiger partial charge on any atom is 0.209 e. The maximum atomic E-state index is 14.6. The minimum Gasteiger partial charge on any atom is -0.335 e. The number of H-pyrrole nitrogens is 2. The Morgan fingerprint density at radius 2 is 1.57 bits per heavy atom. The molecule has 0 unspecified atom stereocenters. The van der Waals surface area contributed by atoms with Crippen molar-refractivity contribution < 1.29 is 12.8 Å². The maximum absolute atomic E-state index is 14.6. The van der Waals surface area contributed by atoms with E-state index in [1.807, 2.05) is 42.7 Å². The van der Waals surface area contributed by atoms with Crippen molar-refractivity contribution in [2.24, 2.45) is 0 Å². The Hall–Kier alpha value is -5.30. The minimum absolute atomic E-state index is 0.0387. The standard InChI is InChI=1S/C34H29FN8O2S/c1-46(44,45)39-17-22-9-25(12-27(35)11-22)29-19-38-20-31-32(29)41-34(40-31)33-28-13-24(7-8-30(28)42-43-33)26-10-23(16-37-18-26)15-36-14-21-5-3-2-4-6-21/h2-13,16,18-20,36,39H,14-15,17H2,1H3,(H,40,41)(H,42,43). The van der Waals surface area contributed by atoms with Gasteiger partial charge < -0.3 is 10.3 Å². The molecule has 10 nitrogen and oxygen atoms in total. The van der Waals surface area contributed by atoms with E-state index in [9.17, 15) is 12.8 Å². The second kappa shape index (κ2) is 12.2. The molecule has 4 N–H and O–H groups in total. The van der Waals surface area contributed by atoms with Crippen LogP contribution < -0.4 is 10.0 Å². The zero-order valence-electron chi connectivity index (χ0n) is 24.8. The third-order valence-electron chi connectivity index (χ3n) is 7.62. The average molecular weight is 633 g/mol. The van der Waals surface area contributed by atoms with E-state index in [0.717, 1.165) is 40.4 Å². The predicted octanol–water partition coefficient (Wildman–Crippen LogP) is 5.71. The predicted molar refractivity (Wildman–Crippen MR) is 176 cm³/mol. The van der Waals surface area contributed by atoms with Gasteiger partial charge in [-0.1, -0.05) is 36.4 Å². The van der Waals surface area contributed by atoms with Crippen LogP contribution in [0.15, 0.2) is 97.6 Å². The largest absolute Gasteiger partial charge is 0.335 e. The molecule has 0 aliphatic heterocycles. The van der Waals surface area contributed by atoms with Crippen LogP contribution in [0.4, 0.5) is 4.39 Å². The van der Waals surface area contributed by atoms with Crippen LogP contribution in [0.25, 0.3) is 55.7 Å². The fourth-order valence-corrected chi connectivity index (χ4v) is 5.87. The van der Waals surface area contributed by atoms with Crippen LogP contribution in [0.1, 0.15) is 16.7 Å². The summed E-state index contributed by atoms with van der Waals surface area (Å²) in [4.78, 5) is 17.0. The van der Waals surface area contributed by atoms with Crippen molar-refractivity contribution >= 4 is 32.0 Å². The Bertz CT molecular complexity index is 2300. The molecule has 0 saturated heterocycles. The van der Waals surface area contributed by atoms with Crippen LogP contribution in [0.2, 0.25) is 0 Å². The lowest BCUT2D eigenvalue weighted by Gasteiger charge is -2.08. The van der Waals surface area contributed by atoms with E-state index < -0.39 is 15.8 Å². The molecule has 0 spiro atoms. The number of halogens is 1. The summed E-state index contributed by atoms with van der Waals surface area (Å²) in [7, 11) is -3.44. The molecular formula is C34H29FN8O2S. The first kappa shape index (κ1) is 29.4. The number of benzene rings is 3. The summed E-state index contributed by atoms with van der Waals surface area (Å²) < 4.78 is 40.2. The smallest absolute Gasteiger partial charge is 0.209 e. The summed E-state index contributed by atoms with van der Waals surface area (Å²) >= 11 is 0. The Labute approximate surface area is 264 Å². The van der Waals surface area contributed by atoms with Crippen molar-refractivity contribution in [2.75, 3.05) is 6.26 Å². The first-order valence-electron chi connectivity index (χ1n) is 14.5. The van der Waals surface area contributed by atoms with E-state index in [4.69, 9.17) is 4.98 Å². The lowest BCUT2D eigenvalue weighted by atomic mass is 10.0. The number of aromatic nitrogens is 6. The number of rotatable bonds is 10. The summed E-state index contributed by atoms with van der Waals surface area (Å²) in [6, 6.07) is 22.9. The number of hydrogen-bond acceptors (Lipinski definition) is 7. The van der Waals surface area contributed by atoms with Crippen LogP contribution in [-0.2, 0) is 29.7 Å². The second-order valence-corrected chi connectivity index (χ2v) is 12.9. The Morgan fingerprint density at radius 3 is 2.41 bits per heavy atom. The van der Waals surface area contributed by atoms with Crippen LogP contribution >= 0.6 is 0 Å². The summed E-state index contributed by atoms with van der Waals surface area (Å²) in [5.41, 5.74) is 8.59. The highest BCUT2D eigenvalue weighted by Crippen LogP contribution is 2.33. The summed E-state index contributed by atoms with van der Waals surface area (Å²) in [6.45, 7) is 1.42. The van der Waals surface area contributed by atoms with Gasteiger partial charge in [0.15, 0.2) is 5.82 Å². The van der Waals surface area contributed by atoms with Gasteiger partial charge >= 0.3 is 0 Å². The molecule has 0 aliphatic rings. The van der Waals surface area contributed by atoms with Gasteiger partial charge in [-0.2, -0.15) is 5.10 Å². The normalized spacial score (nSPS) is 11.9. The van der Waals surface area contributed by atoms with E-state index in [1.165, 1.54) is 17.7 Å². The number of pyridine rings is 2. The first-order chi connectivity index (χ1) is 22.3. The molecule has 0 fully saturated rings. The highest BCUT2D eigenvalue weighted by Gasteiger charge is 2.17. The summed E-state index contributed by atoms with van der Waals surface area (Å²) in [5.74, 6) is 0.0342. The van der Waals surface area contributed by atoms with E-state index in [1.54, 1.807) is 18.5 Å². The van der Waals surface area contributed by atoms with Crippen LogP contribution in [0.3, 0.4) is 0 Å². The van der Waals surface area contributed by atoms with Gasteiger partial charge in [0.2, 0.25) is 10.0 Å². The van der Waals surface area contributed by atoms with Gasteiger partial charge in [-0.3, -0.25) is 15.1 Å². The van der Waals surface area contributed by atoms with E-state index in [2.05, 4.69) is 59.5 Å². The molecule has 0 aliphatic carbocycles. The van der Waals surface area contributed by atoms with Gasteiger partial charge in [-0.15, -0.1) is 0 Å². The molecule has 0 saturated carbocycles. The molecular weight excluding hydrogens is 603 g/mol. The molecule has 7 aromatic rings. The highest BCUT2D eigenvalue weighted by molar-refractivity contribution is 7.88. The SMILES string of the molecule is CS(=O)(=O)NCc1cc(F)cc(-c2cncc3[nH]c(-c4n[nH]c5ccc(-c6cncc(CNCc7ccccc7)c6)cc45)nc23)c1. The molecule has 4 heterocycles. The van der Waals surface area contributed by atoms with Crippen LogP contribution in [0, 0.1) is 5.82 Å². The van der Waals surface area contributed by atoms with Crippen molar-refractivity contribution in [3.63, 3.8) is 0 Å². The number of imidazole rings is 1. The van der Waals surface area contributed by atoms with Crippen molar-refractivity contribution in [2.45, 2.75) is 19.6 Å². The number of nitrogens with one attached hydrogen (secondary N) is 4. The van der Waals surface area contributed by atoms with Crippen LogP contribution in [0.5, 0.6) is 0 Å². The lowest BCUT2D eigenvalue weighted by molar-refractivity contribution is 0.586. The van der Waals surface area contributed by atoms with E-state index in [-0.39, 0.29) is 6.54 Å². The van der Waals surface area contributed by atoms with E-state index in [0.29, 0.717) is 45.8 Å². The Morgan fingerprint density at radius 1 is 0.761 bits per heavy atom. The number of hydrogen-bond donors (Lipinski definition) is 4. The molecule has 0 amide bonds. The highest BCUT2D eigenvalue weighted by atomic mass is 32.2. The molecule has 7 rings (SSSR count). The molecule has 12 heteroatoms. The number of fused-ring (bicyclic) bond motifs is 2. The van der Waals surface area contributed by atoms with Crippen molar-refractivity contribution in [1.29, 1.82) is 0 Å². The molecule has 0 atom stereocenters. The molecule has 0 radical (unpaired) electrons. The van der Waals surface area contributed by atoms with Gasteiger partial charge in [0, 0.05) is 54.7 Å². The van der Waals surface area contributed by atoms with E-state index >= 15 is 0 Å². The summed E-state index contributed by atoms with van der Waals surface area (Å²) in [5, 5.41) is 12.0. The van der Waals surface area contributed by atoms with Gasteiger partial charge in [0.25, 0.3) is 0 Å². The average Bonchev–Trinajstić information content (AvgIpc) is 3.68. The number of sulfonamides is 1. The molecule has 4 aromatic heterocycles. The van der Waals surface area contributed by atoms with Crippen molar-refractivity contribution in [1.82, 2.24) is 40.2 Å². The second-order valence-electron chi connectivity index (χ2n) is 11.1. The molecule has 46 heavy (non-hydrogen) atoms. The topological polar surface area (TPSA) is 141 Å². The van der Waals surface area contributed by atoms with Crippen molar-refractivity contribution in [3.05, 3.63) is 120 Å². The van der Waals surface area contributed by atoms with Gasteiger partial charge in [-0.25, -0.2) is 22.5 Å². The Kier molecular flexibility index (Phi) is 7.83. The monoisotopic (exact) mass is 632 g/mol. The molecule has 0 bridgehead atoms. The van der Waals surface area contributed by atoms with Gasteiger partial charge in [0.1, 0.15) is 11.5 Å². The first-order valence-corrected chi connectivity index (χ1v) is 16.4. The number of nitrogens with zero attached hydrogens (tertiary/aromatic N) is 4. The molecule has 3 aromatic carbocycles. The lowest BCUT2D eigenvalue weighted by Crippen LogP contribution is -2.21. The summed E-state index contributed by atoms with van der Waals surface area (Å²) in [6.07, 6.45) is 8.05. The molecule has 230 valence electrons. The third-order valence-corrected chi connectivity index (χ3v) is 8.29. The third kappa shape index (κ3) is 6.40. The zero-order valence-corrected chi connectivity index (χ0v) is 25.6. The van der Waals surface area contributed by atoms with Gasteiger partial charge in [-0.05, 0) is 64.2 Å². The zero-order chi connectivity index (χ0) is 31.7. The van der Waals surface area contributed by atoms with Crippen LogP contribution in [-0.4, -0.2) is 44.8 Å². The number of aromatic amines is 2. The Balaban J connectivity index is 1.19. The minimum atomic E-state index is -3.44. The van der Waals surface area contributed by atoms with Crippen molar-refractivity contribution in [3.8, 4) is 33.8 Å².